The van der Waals surface area contributed by atoms with Crippen LogP contribution in [0, 0.1) is 0 Å². The molecule has 0 radical (unpaired) electrons. The normalized spacial score (nSPS) is 10.8. The molecular weight excluding hydrogens is 280 g/mol. The molecule has 0 unspecified atom stereocenters. The lowest BCUT2D eigenvalue weighted by atomic mass is 10.1. The molecule has 1 rings (SSSR count). The summed E-state index contributed by atoms with van der Waals surface area (Å²) in [5, 5.41) is 9.86. The maximum Gasteiger partial charge on any atom is 0.104 e. The van der Waals surface area contributed by atoms with Gasteiger partial charge in [-0.15, -0.1) is 0 Å². The summed E-state index contributed by atoms with van der Waals surface area (Å²) in [6, 6.07) is 5.94. The molecule has 0 saturated carbocycles. The third-order valence-electron chi connectivity index (χ3n) is 3.27. The van der Waals surface area contributed by atoms with Gasteiger partial charge in [0.05, 0.1) is 17.3 Å². The Morgan fingerprint density at radius 2 is 2.05 bits per heavy atom. The lowest BCUT2D eigenvalue weighted by Gasteiger charge is -2.33. The second kappa shape index (κ2) is 7.68. The molecule has 0 aliphatic rings. The van der Waals surface area contributed by atoms with E-state index in [-0.39, 0.29) is 6.61 Å². The molecule has 5 heteroatoms. The van der Waals surface area contributed by atoms with E-state index in [0.29, 0.717) is 22.6 Å². The monoisotopic (exact) mass is 300 g/mol. The minimum absolute atomic E-state index is 0.101. The molecule has 0 aliphatic carbocycles. The van der Waals surface area contributed by atoms with Gasteiger partial charge in [0, 0.05) is 18.2 Å². The molecular formula is C14H21ClN2OS. The van der Waals surface area contributed by atoms with Crippen LogP contribution in [0.4, 0.5) is 5.69 Å². The average molecular weight is 301 g/mol. The van der Waals surface area contributed by atoms with Crippen LogP contribution in [-0.2, 0) is 0 Å². The van der Waals surface area contributed by atoms with Gasteiger partial charge in [0.2, 0.25) is 0 Å². The lowest BCUT2D eigenvalue weighted by molar-refractivity contribution is 0.296. The van der Waals surface area contributed by atoms with E-state index >= 15 is 0 Å². The van der Waals surface area contributed by atoms with Crippen molar-refractivity contribution in [3.8, 4) is 0 Å². The molecule has 0 aromatic heterocycles. The van der Waals surface area contributed by atoms with Gasteiger partial charge in [0.1, 0.15) is 4.99 Å². The Kier molecular flexibility index (Phi) is 6.55. The van der Waals surface area contributed by atoms with Gasteiger partial charge < -0.3 is 15.7 Å². The summed E-state index contributed by atoms with van der Waals surface area (Å²) >= 11 is 11.3. The minimum atomic E-state index is 0.101. The molecule has 0 heterocycles. The fourth-order valence-corrected chi connectivity index (χ4v) is 2.65. The summed E-state index contributed by atoms with van der Waals surface area (Å²) < 4.78 is 0. The highest BCUT2D eigenvalue weighted by Gasteiger charge is 2.18. The van der Waals surface area contributed by atoms with Crippen LogP contribution in [0.25, 0.3) is 0 Å². The smallest absolute Gasteiger partial charge is 0.104 e. The fourth-order valence-electron chi connectivity index (χ4n) is 2.23. The minimum Gasteiger partial charge on any atom is -0.395 e. The highest BCUT2D eigenvalue weighted by Crippen LogP contribution is 2.29. The van der Waals surface area contributed by atoms with Crippen molar-refractivity contribution in [2.75, 3.05) is 18.1 Å². The molecule has 0 atom stereocenters. The summed E-state index contributed by atoms with van der Waals surface area (Å²) in [6.45, 7) is 4.94. The fraction of sp³-hybridized carbons (Fsp3) is 0.500. The van der Waals surface area contributed by atoms with Gasteiger partial charge in [0.15, 0.2) is 0 Å². The second-order valence-electron chi connectivity index (χ2n) is 4.42. The van der Waals surface area contributed by atoms with Crippen molar-refractivity contribution in [1.29, 1.82) is 0 Å². The Morgan fingerprint density at radius 3 is 2.47 bits per heavy atom. The van der Waals surface area contributed by atoms with Crippen molar-refractivity contribution in [3.63, 3.8) is 0 Å². The van der Waals surface area contributed by atoms with E-state index in [4.69, 9.17) is 29.6 Å². The number of anilines is 1. The lowest BCUT2D eigenvalue weighted by Crippen LogP contribution is -2.37. The zero-order chi connectivity index (χ0) is 14.4. The molecule has 106 valence electrons. The highest BCUT2D eigenvalue weighted by atomic mass is 35.5. The first-order valence-corrected chi connectivity index (χ1v) is 7.30. The van der Waals surface area contributed by atoms with E-state index in [1.165, 1.54) is 0 Å². The Morgan fingerprint density at radius 1 is 1.42 bits per heavy atom. The summed E-state index contributed by atoms with van der Waals surface area (Å²) in [6.07, 6.45) is 2.01. The Hall–Kier alpha value is -0.840. The first-order chi connectivity index (χ1) is 9.04. The highest BCUT2D eigenvalue weighted by molar-refractivity contribution is 7.80. The standard InChI is InChI=1S/C14H21ClN2OS/c1-3-11(4-2)17(7-8-18)13-6-5-10(14(16)19)9-12(13)15/h5-6,9,11,18H,3-4,7-8H2,1-2H3,(H2,16,19). The molecule has 1 aromatic carbocycles. The number of hydrogen-bond donors (Lipinski definition) is 2. The van der Waals surface area contributed by atoms with Crippen molar-refractivity contribution < 1.29 is 5.11 Å². The number of rotatable bonds is 7. The summed E-state index contributed by atoms with van der Waals surface area (Å²) in [4.78, 5) is 2.48. The number of nitrogens with zero attached hydrogens (tertiary/aromatic N) is 1. The Balaban J connectivity index is 3.12. The number of nitrogens with two attached hydrogens (primary N) is 1. The molecule has 3 nitrogen and oxygen atoms in total. The number of aliphatic hydroxyl groups excluding tert-OH is 1. The van der Waals surface area contributed by atoms with Crippen molar-refractivity contribution in [1.82, 2.24) is 0 Å². The van der Waals surface area contributed by atoms with Crippen LogP contribution >= 0.6 is 23.8 Å². The van der Waals surface area contributed by atoms with E-state index in [0.717, 1.165) is 24.1 Å². The Bertz CT molecular complexity index is 435. The van der Waals surface area contributed by atoms with Gasteiger partial charge in [-0.25, -0.2) is 0 Å². The molecule has 0 aliphatic heterocycles. The van der Waals surface area contributed by atoms with Crippen LogP contribution in [0.15, 0.2) is 18.2 Å². The first-order valence-electron chi connectivity index (χ1n) is 6.51. The van der Waals surface area contributed by atoms with E-state index in [9.17, 15) is 5.11 Å². The third kappa shape index (κ3) is 4.06. The van der Waals surface area contributed by atoms with Gasteiger partial charge in [-0.05, 0) is 31.0 Å². The van der Waals surface area contributed by atoms with Crippen LogP contribution in [0.3, 0.4) is 0 Å². The van der Waals surface area contributed by atoms with E-state index in [1.54, 1.807) is 6.07 Å². The molecule has 0 spiro atoms. The van der Waals surface area contributed by atoms with Crippen LogP contribution in [0.5, 0.6) is 0 Å². The van der Waals surface area contributed by atoms with Crippen molar-refractivity contribution in [3.05, 3.63) is 28.8 Å². The maximum atomic E-state index is 9.25. The topological polar surface area (TPSA) is 49.5 Å². The van der Waals surface area contributed by atoms with Gasteiger partial charge in [-0.1, -0.05) is 37.7 Å². The van der Waals surface area contributed by atoms with Crippen molar-refractivity contribution in [2.45, 2.75) is 32.7 Å². The number of halogens is 1. The van der Waals surface area contributed by atoms with E-state index in [1.807, 2.05) is 12.1 Å². The first kappa shape index (κ1) is 16.2. The zero-order valence-electron chi connectivity index (χ0n) is 11.4. The van der Waals surface area contributed by atoms with Crippen LogP contribution in [-0.4, -0.2) is 29.3 Å². The zero-order valence-corrected chi connectivity index (χ0v) is 13.0. The second-order valence-corrected chi connectivity index (χ2v) is 5.26. The van der Waals surface area contributed by atoms with Gasteiger partial charge in [0.25, 0.3) is 0 Å². The molecule has 0 bridgehead atoms. The summed E-state index contributed by atoms with van der Waals surface area (Å²) in [5.41, 5.74) is 7.28. The van der Waals surface area contributed by atoms with Gasteiger partial charge >= 0.3 is 0 Å². The molecule has 0 amide bonds. The summed E-state index contributed by atoms with van der Waals surface area (Å²) in [7, 11) is 0. The molecule has 0 saturated heterocycles. The van der Waals surface area contributed by atoms with Crippen LogP contribution in [0.1, 0.15) is 32.3 Å². The number of benzene rings is 1. The molecule has 0 fully saturated rings. The third-order valence-corrected chi connectivity index (χ3v) is 3.80. The average Bonchev–Trinajstić information content (AvgIpc) is 2.39. The van der Waals surface area contributed by atoms with Crippen LogP contribution in [0.2, 0.25) is 5.02 Å². The predicted octanol–water partition coefficient (Wildman–Crippen LogP) is 2.96. The summed E-state index contributed by atoms with van der Waals surface area (Å²) in [5.74, 6) is 0. The van der Waals surface area contributed by atoms with Crippen molar-refractivity contribution in [2.24, 2.45) is 5.73 Å². The SMILES string of the molecule is CCC(CC)N(CCO)c1ccc(C(N)=S)cc1Cl. The largest absolute Gasteiger partial charge is 0.395 e. The van der Waals surface area contributed by atoms with Crippen molar-refractivity contribution >= 4 is 34.5 Å². The maximum absolute atomic E-state index is 9.25. The number of hydrogen-bond acceptors (Lipinski definition) is 3. The van der Waals surface area contributed by atoms with E-state index in [2.05, 4.69) is 18.7 Å². The number of thiocarbonyl (C=S) groups is 1. The predicted molar refractivity (Wildman–Crippen MR) is 86.1 cm³/mol. The number of aliphatic hydroxyl groups is 1. The molecule has 3 N–H and O–H groups in total. The Labute approximate surface area is 125 Å². The van der Waals surface area contributed by atoms with Gasteiger partial charge in [-0.3, -0.25) is 0 Å². The van der Waals surface area contributed by atoms with E-state index < -0.39 is 0 Å². The van der Waals surface area contributed by atoms with Gasteiger partial charge in [-0.2, -0.15) is 0 Å². The van der Waals surface area contributed by atoms with Crippen LogP contribution < -0.4 is 10.6 Å². The quantitative estimate of drug-likeness (QED) is 0.760. The molecule has 1 aromatic rings. The molecule has 19 heavy (non-hydrogen) atoms.